The van der Waals surface area contributed by atoms with Crippen molar-refractivity contribution >= 4 is 0 Å². The maximum Gasteiger partial charge on any atom is 2.00 e. The zero-order valence-corrected chi connectivity index (χ0v) is 21.9. The van der Waals surface area contributed by atoms with Gasteiger partial charge in [-0.15, -0.1) is 0 Å². The van der Waals surface area contributed by atoms with E-state index in [9.17, 15) is 0 Å². The molecule has 0 N–H and O–H groups in total. The Morgan fingerprint density at radius 3 is 0.923 bits per heavy atom. The molecule has 0 fully saturated rings. The minimum atomic E-state index is 0. The molecular formula is C20H20Cl4Ru2. The number of rotatable bonds is 2. The molecule has 2 aliphatic carbocycles. The van der Waals surface area contributed by atoms with Gasteiger partial charge in [-0.2, -0.15) is 0 Å². The van der Waals surface area contributed by atoms with E-state index in [0.717, 1.165) is 22.3 Å². The minimum absolute atomic E-state index is 0. The molecule has 6 heteroatoms. The van der Waals surface area contributed by atoms with Gasteiger partial charge in [0.2, 0.25) is 0 Å². The van der Waals surface area contributed by atoms with Gasteiger partial charge in [0, 0.05) is 11.1 Å². The van der Waals surface area contributed by atoms with Crippen LogP contribution in [-0.2, 0) is 39.0 Å². The third-order valence-corrected chi connectivity index (χ3v) is 2.69. The molecule has 144 valence electrons. The van der Waals surface area contributed by atoms with E-state index in [-0.39, 0.29) is 88.6 Å². The van der Waals surface area contributed by atoms with Crippen LogP contribution in [0, 0.1) is 35.5 Å². The Hall–Kier alpha value is 0.127. The molecule has 2 aliphatic rings. The molecule has 0 unspecified atom stereocenters. The number of halogens is 4. The van der Waals surface area contributed by atoms with Gasteiger partial charge in [0.15, 0.2) is 0 Å². The molecule has 2 rings (SSSR count). The van der Waals surface area contributed by atoms with Gasteiger partial charge in [0.25, 0.3) is 0 Å². The molecule has 0 nitrogen and oxygen atoms in total. The minimum Gasteiger partial charge on any atom is -1.00 e. The average Bonchev–Trinajstić information content (AvgIpc) is 2.40. The first-order valence-corrected chi connectivity index (χ1v) is 6.89. The third-order valence-electron chi connectivity index (χ3n) is 2.69. The fourth-order valence-corrected chi connectivity index (χ4v) is 1.35. The molecule has 0 bridgehead atoms. The summed E-state index contributed by atoms with van der Waals surface area (Å²) >= 11 is 0. The number of hydrogen-bond donors (Lipinski definition) is 0. The van der Waals surface area contributed by atoms with E-state index in [1.165, 1.54) is 0 Å². The maximum absolute atomic E-state index is 3.02. The van der Waals surface area contributed by atoms with Crippen LogP contribution in [0.2, 0.25) is 0 Å². The van der Waals surface area contributed by atoms with Gasteiger partial charge in [0.05, 0.1) is 11.1 Å². The van der Waals surface area contributed by atoms with Crippen molar-refractivity contribution in [3.8, 4) is 23.7 Å². The summed E-state index contributed by atoms with van der Waals surface area (Å²) in [5, 5.41) is 0. The van der Waals surface area contributed by atoms with Gasteiger partial charge in [-0.05, 0) is 25.7 Å². The zero-order chi connectivity index (χ0) is 15.1. The Bertz CT molecular complexity index is 677. The van der Waals surface area contributed by atoms with Gasteiger partial charge >= 0.3 is 39.0 Å². The molecule has 0 heterocycles. The predicted octanol–water partition coefficient (Wildman–Crippen LogP) is -7.42. The van der Waals surface area contributed by atoms with E-state index in [1.807, 2.05) is 13.8 Å². The van der Waals surface area contributed by atoms with Crippen LogP contribution in [0.4, 0.5) is 0 Å². The largest absolute Gasteiger partial charge is 2.00 e. The maximum atomic E-state index is 3.02. The normalized spacial score (nSPS) is 10.8. The van der Waals surface area contributed by atoms with Crippen LogP contribution in [0.5, 0.6) is 0 Å². The van der Waals surface area contributed by atoms with Crippen LogP contribution in [0.3, 0.4) is 0 Å². The first kappa shape index (κ1) is 40.7. The zero-order valence-electron chi connectivity index (χ0n) is 15.4. The molecule has 0 aromatic rings. The first-order chi connectivity index (χ1) is 9.40. The summed E-state index contributed by atoms with van der Waals surface area (Å²) in [6, 6.07) is 0. The average molecular weight is 604 g/mol. The van der Waals surface area contributed by atoms with Gasteiger partial charge in [-0.3, -0.25) is 0 Å². The molecule has 0 spiro atoms. The fourth-order valence-electron chi connectivity index (χ4n) is 1.35. The van der Waals surface area contributed by atoms with Crippen LogP contribution in [-0.4, -0.2) is 0 Å². The number of allylic oxidation sites excluding steroid dienone is 4. The second kappa shape index (κ2) is 21.4. The van der Waals surface area contributed by atoms with E-state index >= 15 is 0 Å². The van der Waals surface area contributed by atoms with Crippen molar-refractivity contribution in [1.82, 2.24) is 0 Å². The van der Waals surface area contributed by atoms with Gasteiger partial charge in [-0.1, -0.05) is 74.3 Å². The van der Waals surface area contributed by atoms with E-state index in [0.29, 0.717) is 11.8 Å². The van der Waals surface area contributed by atoms with E-state index in [2.05, 4.69) is 74.3 Å². The van der Waals surface area contributed by atoms with Crippen LogP contribution in [0.25, 0.3) is 0 Å². The topological polar surface area (TPSA) is 0 Å². The van der Waals surface area contributed by atoms with Crippen molar-refractivity contribution in [2.75, 3.05) is 0 Å². The summed E-state index contributed by atoms with van der Waals surface area (Å²) in [4.78, 5) is 0. The van der Waals surface area contributed by atoms with Gasteiger partial charge in [0.1, 0.15) is 0 Å². The summed E-state index contributed by atoms with van der Waals surface area (Å²) in [6.45, 7) is 12.3. The predicted molar refractivity (Wildman–Crippen MR) is 84.7 cm³/mol. The van der Waals surface area contributed by atoms with Crippen molar-refractivity contribution in [2.45, 2.75) is 41.5 Å². The molecule has 0 aromatic carbocycles. The number of hydrogen-bond acceptors (Lipinski definition) is 0. The Balaban J connectivity index is -0.0000000625. The fraction of sp³-hybridized carbons (Fsp3) is 0.400. The third kappa shape index (κ3) is 16.3. The molecule has 0 saturated heterocycles. The van der Waals surface area contributed by atoms with Crippen molar-refractivity contribution in [2.24, 2.45) is 11.8 Å². The van der Waals surface area contributed by atoms with Crippen molar-refractivity contribution in [3.63, 3.8) is 0 Å². The molecule has 0 aliphatic heterocycles. The van der Waals surface area contributed by atoms with Crippen molar-refractivity contribution in [1.29, 1.82) is 0 Å². The van der Waals surface area contributed by atoms with Gasteiger partial charge < -0.3 is 49.6 Å². The Morgan fingerprint density at radius 1 is 0.500 bits per heavy atom. The second-order valence-electron chi connectivity index (χ2n) is 5.39. The SMILES string of the molecule is CC1=C=C=C(C(C)C)C#C1.CC1=C=C=C(C(C)C)C#C1.[Cl-].[Cl-].[Cl-].[Cl-].[Ru+2].[Ru+2]. The molecule has 0 saturated carbocycles. The van der Waals surface area contributed by atoms with E-state index in [4.69, 9.17) is 0 Å². The van der Waals surface area contributed by atoms with Gasteiger partial charge in [-0.25, -0.2) is 0 Å². The first-order valence-electron chi connectivity index (χ1n) is 6.89. The van der Waals surface area contributed by atoms with E-state index < -0.39 is 0 Å². The van der Waals surface area contributed by atoms with Crippen molar-refractivity contribution < 1.29 is 88.6 Å². The van der Waals surface area contributed by atoms with Crippen LogP contribution < -0.4 is 49.6 Å². The summed E-state index contributed by atoms with van der Waals surface area (Å²) in [5.41, 5.74) is 16.1. The Kier molecular flexibility index (Phi) is 33.6. The van der Waals surface area contributed by atoms with Crippen LogP contribution >= 0.6 is 0 Å². The molecule has 0 amide bonds. The summed E-state index contributed by atoms with van der Waals surface area (Å²) < 4.78 is 0. The molecular weight excluding hydrogens is 584 g/mol. The quantitative estimate of drug-likeness (QED) is 0.167. The molecule has 0 aromatic heterocycles. The summed E-state index contributed by atoms with van der Waals surface area (Å²) in [5.74, 6) is 12.9. The van der Waals surface area contributed by atoms with Crippen LogP contribution in [0.1, 0.15) is 41.5 Å². The smallest absolute Gasteiger partial charge is 1.00 e. The summed E-state index contributed by atoms with van der Waals surface area (Å²) in [6.07, 6.45) is 0. The molecule has 0 atom stereocenters. The molecule has 26 heavy (non-hydrogen) atoms. The van der Waals surface area contributed by atoms with E-state index in [1.54, 1.807) is 0 Å². The standard InChI is InChI=1S/2C10H10.4ClH.2Ru/c2*1-8(2)10-6-4-9(3)5-7-10;;;;;;/h2*8H,1-3H3;4*1H;;/q;;;;;;2*+2/p-4. The Labute approximate surface area is 209 Å². The summed E-state index contributed by atoms with van der Waals surface area (Å²) in [7, 11) is 0. The Morgan fingerprint density at radius 2 is 0.769 bits per heavy atom. The monoisotopic (exact) mass is 604 g/mol. The second-order valence-corrected chi connectivity index (χ2v) is 5.39. The van der Waals surface area contributed by atoms with Crippen molar-refractivity contribution in [3.05, 3.63) is 45.2 Å². The molecule has 0 radical (unpaired) electrons. The van der Waals surface area contributed by atoms with Crippen LogP contribution in [0.15, 0.2) is 45.2 Å².